The molecule has 2 aliphatic rings. The van der Waals surface area contributed by atoms with Crippen molar-refractivity contribution in [1.29, 1.82) is 0 Å². The van der Waals surface area contributed by atoms with E-state index in [9.17, 15) is 14.7 Å². The summed E-state index contributed by atoms with van der Waals surface area (Å²) in [7, 11) is 0. The van der Waals surface area contributed by atoms with Gasteiger partial charge in [0.05, 0.1) is 18.6 Å². The minimum Gasteiger partial charge on any atom is -0.506 e. The number of rotatable bonds is 5. The van der Waals surface area contributed by atoms with Crippen molar-refractivity contribution in [1.82, 2.24) is 19.8 Å². The Hall–Kier alpha value is -2.45. The number of fused-ring (bicyclic) bond motifs is 1. The molecular weight excluding hydrogens is 408 g/mol. The Labute approximate surface area is 188 Å². The first-order valence-corrected chi connectivity index (χ1v) is 11.6. The number of aromatic hydroxyl groups is 1. The molecule has 0 aromatic carbocycles. The molecule has 1 saturated carbocycles. The highest BCUT2D eigenvalue weighted by molar-refractivity contribution is 6.01. The van der Waals surface area contributed by atoms with Crippen LogP contribution >= 0.6 is 0 Å². The largest absolute Gasteiger partial charge is 0.506 e. The first kappa shape index (κ1) is 22.7. The van der Waals surface area contributed by atoms with Gasteiger partial charge in [-0.05, 0) is 57.6 Å². The summed E-state index contributed by atoms with van der Waals surface area (Å²) >= 11 is 0. The lowest BCUT2D eigenvalue weighted by Crippen LogP contribution is -2.54. The van der Waals surface area contributed by atoms with Gasteiger partial charge in [-0.25, -0.2) is 4.98 Å². The molecular formula is C24H34N4O4. The molecule has 4 rings (SSSR count). The smallest absolute Gasteiger partial charge is 0.268 e. The molecule has 2 aromatic heterocycles. The molecule has 8 nitrogen and oxygen atoms in total. The molecule has 0 unspecified atom stereocenters. The summed E-state index contributed by atoms with van der Waals surface area (Å²) in [6.07, 6.45) is 5.49. The third-order valence-electron chi connectivity index (χ3n) is 6.98. The Balaban J connectivity index is 1.65. The number of hydrogen-bond donors (Lipinski definition) is 2. The van der Waals surface area contributed by atoms with Crippen LogP contribution in [0.5, 0.6) is 5.75 Å². The van der Waals surface area contributed by atoms with E-state index in [2.05, 4.69) is 36.0 Å². The van der Waals surface area contributed by atoms with Crippen molar-refractivity contribution < 1.29 is 14.6 Å². The normalized spacial score (nSPS) is 23.8. The number of morpholine rings is 1. The van der Waals surface area contributed by atoms with Crippen molar-refractivity contribution in [2.24, 2.45) is 5.92 Å². The number of amides is 1. The second kappa shape index (κ2) is 9.19. The number of carbonyl (C=O) groups is 1. The van der Waals surface area contributed by atoms with E-state index in [-0.39, 0.29) is 22.9 Å². The summed E-state index contributed by atoms with van der Waals surface area (Å²) in [6.45, 7) is 9.50. The fourth-order valence-electron chi connectivity index (χ4n) is 4.86. The zero-order valence-electron chi connectivity index (χ0n) is 19.3. The van der Waals surface area contributed by atoms with Crippen LogP contribution in [0.25, 0.3) is 11.0 Å². The number of carbonyl (C=O) groups excluding carboxylic acids is 1. The van der Waals surface area contributed by atoms with Crippen molar-refractivity contribution in [2.45, 2.75) is 64.6 Å². The molecule has 174 valence electrons. The van der Waals surface area contributed by atoms with E-state index in [0.29, 0.717) is 43.3 Å². The van der Waals surface area contributed by atoms with Crippen molar-refractivity contribution >= 4 is 16.9 Å². The lowest BCUT2D eigenvalue weighted by Gasteiger charge is -2.42. The first-order chi connectivity index (χ1) is 15.3. The monoisotopic (exact) mass is 442 g/mol. The quantitative estimate of drug-likeness (QED) is 0.739. The molecule has 0 atom stereocenters. The zero-order valence-corrected chi connectivity index (χ0v) is 19.3. The number of pyridine rings is 2. The van der Waals surface area contributed by atoms with Gasteiger partial charge in [-0.3, -0.25) is 19.1 Å². The molecule has 32 heavy (non-hydrogen) atoms. The molecule has 2 N–H and O–H groups in total. The average molecular weight is 443 g/mol. The Morgan fingerprint density at radius 3 is 2.75 bits per heavy atom. The van der Waals surface area contributed by atoms with Crippen molar-refractivity contribution in [2.75, 3.05) is 26.3 Å². The van der Waals surface area contributed by atoms with Gasteiger partial charge in [0.25, 0.3) is 11.5 Å². The minimum absolute atomic E-state index is 0.0321. The molecule has 1 aliphatic carbocycles. The fourth-order valence-corrected chi connectivity index (χ4v) is 4.86. The minimum atomic E-state index is -0.502. The number of nitrogens with zero attached hydrogens (tertiary/aromatic N) is 3. The van der Waals surface area contributed by atoms with Gasteiger partial charge in [0, 0.05) is 37.4 Å². The molecule has 1 saturated heterocycles. The van der Waals surface area contributed by atoms with Crippen LogP contribution in [0.3, 0.4) is 0 Å². The maximum Gasteiger partial charge on any atom is 0.268 e. The highest BCUT2D eigenvalue weighted by atomic mass is 16.5. The summed E-state index contributed by atoms with van der Waals surface area (Å²) in [4.78, 5) is 33.2. The van der Waals surface area contributed by atoms with Gasteiger partial charge in [0.2, 0.25) is 0 Å². The van der Waals surface area contributed by atoms with Crippen LogP contribution in [0.15, 0.2) is 23.1 Å². The second-order valence-corrected chi connectivity index (χ2v) is 9.84. The zero-order chi connectivity index (χ0) is 22.9. The van der Waals surface area contributed by atoms with Gasteiger partial charge in [-0.15, -0.1) is 0 Å². The van der Waals surface area contributed by atoms with E-state index in [1.54, 1.807) is 18.3 Å². The van der Waals surface area contributed by atoms with Crippen molar-refractivity contribution in [3.63, 3.8) is 0 Å². The standard InChI is InChI=1S/C24H34N4O4/c1-16-6-8-17(9-7-16)26-22(30)19-20(29)18-5-4-10-25-21(18)28(23(19)31)12-11-27-13-14-32-15-24(27,2)3/h4-5,10,16-17,29H,6-9,11-15H2,1-3H3,(H,26,30). The van der Waals surface area contributed by atoms with Gasteiger partial charge in [0.15, 0.2) is 0 Å². The third-order valence-corrected chi connectivity index (χ3v) is 6.98. The Morgan fingerprint density at radius 2 is 2.03 bits per heavy atom. The molecule has 1 aliphatic heterocycles. The molecule has 3 heterocycles. The Bertz CT molecular complexity index is 1040. The van der Waals surface area contributed by atoms with Gasteiger partial charge in [0.1, 0.15) is 17.0 Å². The van der Waals surface area contributed by atoms with Crippen LogP contribution in [0, 0.1) is 5.92 Å². The summed E-state index contributed by atoms with van der Waals surface area (Å²) in [5.41, 5.74) is -0.434. The van der Waals surface area contributed by atoms with Crippen LogP contribution < -0.4 is 10.9 Å². The third kappa shape index (κ3) is 4.52. The van der Waals surface area contributed by atoms with Crippen LogP contribution in [0.2, 0.25) is 0 Å². The topological polar surface area (TPSA) is 96.7 Å². The van der Waals surface area contributed by atoms with Gasteiger partial charge < -0.3 is 15.2 Å². The van der Waals surface area contributed by atoms with Gasteiger partial charge in [-0.2, -0.15) is 0 Å². The summed E-state index contributed by atoms with van der Waals surface area (Å²) in [5.74, 6) is -0.133. The van der Waals surface area contributed by atoms with Gasteiger partial charge in [-0.1, -0.05) is 6.92 Å². The van der Waals surface area contributed by atoms with Crippen molar-refractivity contribution in [3.05, 3.63) is 34.2 Å². The van der Waals surface area contributed by atoms with Crippen LogP contribution in [-0.4, -0.2) is 63.3 Å². The Kier molecular flexibility index (Phi) is 6.53. The van der Waals surface area contributed by atoms with E-state index in [1.807, 2.05) is 0 Å². The molecule has 2 aromatic rings. The summed E-state index contributed by atoms with van der Waals surface area (Å²) < 4.78 is 7.12. The van der Waals surface area contributed by atoms with Crippen LogP contribution in [0.4, 0.5) is 0 Å². The maximum absolute atomic E-state index is 13.4. The predicted molar refractivity (Wildman–Crippen MR) is 123 cm³/mol. The Morgan fingerprint density at radius 1 is 1.28 bits per heavy atom. The first-order valence-electron chi connectivity index (χ1n) is 11.6. The van der Waals surface area contributed by atoms with E-state index in [4.69, 9.17) is 4.74 Å². The molecule has 0 bridgehead atoms. The summed E-state index contributed by atoms with van der Waals surface area (Å²) in [5, 5.41) is 14.3. The molecule has 0 radical (unpaired) electrons. The molecule has 1 amide bonds. The molecule has 2 fully saturated rings. The number of nitrogens with one attached hydrogen (secondary N) is 1. The summed E-state index contributed by atoms with van der Waals surface area (Å²) in [6, 6.07) is 3.43. The van der Waals surface area contributed by atoms with Crippen LogP contribution in [-0.2, 0) is 11.3 Å². The number of hydrogen-bond acceptors (Lipinski definition) is 6. The van der Waals surface area contributed by atoms with E-state index < -0.39 is 11.5 Å². The fraction of sp³-hybridized carbons (Fsp3) is 0.625. The highest BCUT2D eigenvalue weighted by Gasteiger charge is 2.31. The van der Waals surface area contributed by atoms with Crippen LogP contribution in [0.1, 0.15) is 56.8 Å². The van der Waals surface area contributed by atoms with E-state index >= 15 is 0 Å². The van der Waals surface area contributed by atoms with E-state index in [0.717, 1.165) is 32.2 Å². The maximum atomic E-state index is 13.4. The lowest BCUT2D eigenvalue weighted by atomic mass is 9.87. The predicted octanol–water partition coefficient (Wildman–Crippen LogP) is 2.52. The SMILES string of the molecule is CC1CCC(NC(=O)c2c(O)c3cccnc3n(CCN3CCOCC3(C)C)c2=O)CC1. The average Bonchev–Trinajstić information content (AvgIpc) is 2.76. The number of ether oxygens (including phenoxy) is 1. The number of aromatic nitrogens is 2. The molecule has 0 spiro atoms. The highest BCUT2D eigenvalue weighted by Crippen LogP contribution is 2.27. The molecule has 8 heteroatoms. The second-order valence-electron chi connectivity index (χ2n) is 9.84. The van der Waals surface area contributed by atoms with Gasteiger partial charge >= 0.3 is 0 Å². The van der Waals surface area contributed by atoms with E-state index in [1.165, 1.54) is 4.57 Å². The lowest BCUT2D eigenvalue weighted by molar-refractivity contribution is -0.0520. The van der Waals surface area contributed by atoms with Crippen molar-refractivity contribution in [3.8, 4) is 5.75 Å².